The summed E-state index contributed by atoms with van der Waals surface area (Å²) in [4.78, 5) is 10.9. The molecule has 16 heavy (non-hydrogen) atoms. The van der Waals surface area contributed by atoms with Crippen LogP contribution >= 0.6 is 0 Å². The van der Waals surface area contributed by atoms with Crippen molar-refractivity contribution < 1.29 is 14.6 Å². The van der Waals surface area contributed by atoms with Crippen LogP contribution in [0.2, 0.25) is 0 Å². The van der Waals surface area contributed by atoms with Crippen molar-refractivity contribution in [2.45, 2.75) is 54.1 Å². The van der Waals surface area contributed by atoms with Gasteiger partial charge in [0.2, 0.25) is 0 Å². The SMILES string of the molecule is CCOC(C)C(C)(CC(C)C(=O)O)C(C)C. The monoisotopic (exact) mass is 230 g/mol. The van der Waals surface area contributed by atoms with Crippen LogP contribution in [0, 0.1) is 17.3 Å². The van der Waals surface area contributed by atoms with Crippen molar-refractivity contribution in [3.8, 4) is 0 Å². The second-order valence-corrected chi connectivity index (χ2v) is 5.20. The summed E-state index contributed by atoms with van der Waals surface area (Å²) in [7, 11) is 0. The average molecular weight is 230 g/mol. The number of carboxylic acids is 1. The highest BCUT2D eigenvalue weighted by Crippen LogP contribution is 2.39. The molecule has 0 aliphatic rings. The highest BCUT2D eigenvalue weighted by atomic mass is 16.5. The topological polar surface area (TPSA) is 46.5 Å². The minimum Gasteiger partial charge on any atom is -0.481 e. The summed E-state index contributed by atoms with van der Waals surface area (Å²) in [6, 6.07) is 0. The van der Waals surface area contributed by atoms with Gasteiger partial charge in [-0.15, -0.1) is 0 Å². The summed E-state index contributed by atoms with van der Waals surface area (Å²) < 4.78 is 5.66. The van der Waals surface area contributed by atoms with Crippen LogP contribution in [0.25, 0.3) is 0 Å². The second-order valence-electron chi connectivity index (χ2n) is 5.20. The maximum Gasteiger partial charge on any atom is 0.306 e. The fourth-order valence-corrected chi connectivity index (χ4v) is 2.06. The Balaban J connectivity index is 4.75. The van der Waals surface area contributed by atoms with Gasteiger partial charge in [0.05, 0.1) is 12.0 Å². The molecule has 0 aromatic rings. The molecule has 0 radical (unpaired) electrons. The maximum atomic E-state index is 10.9. The van der Waals surface area contributed by atoms with Crippen molar-refractivity contribution in [1.82, 2.24) is 0 Å². The largest absolute Gasteiger partial charge is 0.481 e. The van der Waals surface area contributed by atoms with E-state index in [1.807, 2.05) is 13.8 Å². The Hall–Kier alpha value is -0.570. The predicted molar refractivity (Wildman–Crippen MR) is 65.4 cm³/mol. The molecule has 3 unspecified atom stereocenters. The molecular weight excluding hydrogens is 204 g/mol. The van der Waals surface area contributed by atoms with E-state index in [2.05, 4.69) is 20.8 Å². The molecule has 3 atom stereocenters. The lowest BCUT2D eigenvalue weighted by molar-refractivity contribution is -0.144. The quantitative estimate of drug-likeness (QED) is 0.730. The van der Waals surface area contributed by atoms with Crippen LogP contribution in [0.15, 0.2) is 0 Å². The van der Waals surface area contributed by atoms with Crippen molar-refractivity contribution in [3.63, 3.8) is 0 Å². The van der Waals surface area contributed by atoms with Gasteiger partial charge in [-0.05, 0) is 31.6 Å². The zero-order valence-corrected chi connectivity index (χ0v) is 11.4. The Morgan fingerprint density at radius 1 is 1.31 bits per heavy atom. The van der Waals surface area contributed by atoms with Gasteiger partial charge in [0.1, 0.15) is 0 Å². The molecule has 0 amide bonds. The molecule has 0 aliphatic heterocycles. The van der Waals surface area contributed by atoms with Gasteiger partial charge in [-0.25, -0.2) is 0 Å². The van der Waals surface area contributed by atoms with E-state index in [0.29, 0.717) is 18.9 Å². The normalized spacial score (nSPS) is 19.2. The molecule has 1 N–H and O–H groups in total. The number of carboxylic acid groups (broad SMARTS) is 1. The van der Waals surface area contributed by atoms with Gasteiger partial charge in [0.15, 0.2) is 0 Å². The lowest BCUT2D eigenvalue weighted by Crippen LogP contribution is -2.39. The van der Waals surface area contributed by atoms with Gasteiger partial charge in [0, 0.05) is 6.61 Å². The molecule has 0 saturated heterocycles. The fraction of sp³-hybridized carbons (Fsp3) is 0.923. The first-order valence-electron chi connectivity index (χ1n) is 6.10. The molecule has 0 aromatic carbocycles. The molecule has 3 heteroatoms. The molecule has 96 valence electrons. The third kappa shape index (κ3) is 3.78. The van der Waals surface area contributed by atoms with Crippen molar-refractivity contribution in [2.75, 3.05) is 6.61 Å². The van der Waals surface area contributed by atoms with Crippen LogP contribution in [0.1, 0.15) is 48.0 Å². The number of hydrogen-bond acceptors (Lipinski definition) is 2. The van der Waals surface area contributed by atoms with Gasteiger partial charge in [-0.1, -0.05) is 27.7 Å². The third-order valence-electron chi connectivity index (χ3n) is 3.83. The number of rotatable bonds is 7. The van der Waals surface area contributed by atoms with Crippen LogP contribution < -0.4 is 0 Å². The van der Waals surface area contributed by atoms with E-state index < -0.39 is 5.97 Å². The van der Waals surface area contributed by atoms with Crippen molar-refractivity contribution in [1.29, 1.82) is 0 Å². The molecule has 0 bridgehead atoms. The number of carbonyl (C=O) groups is 1. The van der Waals surface area contributed by atoms with E-state index in [1.54, 1.807) is 6.92 Å². The molecule has 0 heterocycles. The lowest BCUT2D eigenvalue weighted by Gasteiger charge is -2.40. The average Bonchev–Trinajstić information content (AvgIpc) is 2.17. The molecule has 0 aliphatic carbocycles. The first-order valence-corrected chi connectivity index (χ1v) is 6.10. The second kappa shape index (κ2) is 6.24. The van der Waals surface area contributed by atoms with Crippen LogP contribution in [-0.2, 0) is 9.53 Å². The minimum absolute atomic E-state index is 0.0827. The first-order chi connectivity index (χ1) is 7.25. The van der Waals surface area contributed by atoms with E-state index >= 15 is 0 Å². The molecule has 0 spiro atoms. The third-order valence-corrected chi connectivity index (χ3v) is 3.83. The van der Waals surface area contributed by atoms with Gasteiger partial charge in [-0.2, -0.15) is 0 Å². The number of ether oxygens (including phenoxy) is 1. The summed E-state index contributed by atoms with van der Waals surface area (Å²) in [6.07, 6.45) is 0.737. The molecule has 0 saturated carbocycles. The first kappa shape index (κ1) is 15.4. The Bertz CT molecular complexity index is 225. The summed E-state index contributed by atoms with van der Waals surface area (Å²) in [5, 5.41) is 9.00. The lowest BCUT2D eigenvalue weighted by atomic mass is 9.69. The van der Waals surface area contributed by atoms with Crippen molar-refractivity contribution in [3.05, 3.63) is 0 Å². The van der Waals surface area contributed by atoms with Crippen LogP contribution in [-0.4, -0.2) is 23.8 Å². The van der Waals surface area contributed by atoms with Crippen LogP contribution in [0.3, 0.4) is 0 Å². The Morgan fingerprint density at radius 2 is 1.81 bits per heavy atom. The predicted octanol–water partition coefficient (Wildman–Crippen LogP) is 3.18. The zero-order chi connectivity index (χ0) is 12.9. The van der Waals surface area contributed by atoms with Crippen molar-refractivity contribution >= 4 is 5.97 Å². The zero-order valence-electron chi connectivity index (χ0n) is 11.4. The van der Waals surface area contributed by atoms with E-state index in [0.717, 1.165) is 0 Å². The number of aliphatic carboxylic acids is 1. The Kier molecular flexibility index (Phi) is 6.01. The highest BCUT2D eigenvalue weighted by molar-refractivity contribution is 5.69. The molecular formula is C13H26O3. The standard InChI is InChI=1S/C13H26O3/c1-7-16-11(5)13(6,9(2)3)8-10(4)12(14)15/h9-11H,7-8H2,1-6H3,(H,14,15). The summed E-state index contributed by atoms with van der Waals surface area (Å²) in [5.74, 6) is -0.651. The Morgan fingerprint density at radius 3 is 2.12 bits per heavy atom. The minimum atomic E-state index is -0.726. The smallest absolute Gasteiger partial charge is 0.306 e. The van der Waals surface area contributed by atoms with Gasteiger partial charge >= 0.3 is 5.97 Å². The van der Waals surface area contributed by atoms with E-state index in [1.165, 1.54) is 0 Å². The van der Waals surface area contributed by atoms with Gasteiger partial charge < -0.3 is 9.84 Å². The van der Waals surface area contributed by atoms with E-state index in [4.69, 9.17) is 9.84 Å². The summed E-state index contributed by atoms with van der Waals surface area (Å²) in [6.45, 7) is 12.8. The molecule has 3 nitrogen and oxygen atoms in total. The van der Waals surface area contributed by atoms with Crippen LogP contribution in [0.5, 0.6) is 0 Å². The maximum absolute atomic E-state index is 10.9. The van der Waals surface area contributed by atoms with E-state index in [9.17, 15) is 4.79 Å². The molecule has 0 aromatic heterocycles. The number of hydrogen-bond donors (Lipinski definition) is 1. The fourth-order valence-electron chi connectivity index (χ4n) is 2.06. The summed E-state index contributed by atoms with van der Waals surface area (Å²) >= 11 is 0. The Labute approximate surface area is 99.2 Å². The highest BCUT2D eigenvalue weighted by Gasteiger charge is 2.37. The van der Waals surface area contributed by atoms with Crippen LogP contribution in [0.4, 0.5) is 0 Å². The van der Waals surface area contributed by atoms with Gasteiger partial charge in [0.25, 0.3) is 0 Å². The molecule has 0 fully saturated rings. The summed E-state index contributed by atoms with van der Waals surface area (Å²) in [5.41, 5.74) is -0.0895. The van der Waals surface area contributed by atoms with Gasteiger partial charge in [-0.3, -0.25) is 4.79 Å². The van der Waals surface area contributed by atoms with E-state index in [-0.39, 0.29) is 17.4 Å². The molecule has 0 rings (SSSR count). The van der Waals surface area contributed by atoms with Crippen molar-refractivity contribution in [2.24, 2.45) is 17.3 Å².